The molecule has 21 heavy (non-hydrogen) atoms. The Hall–Kier alpha value is -2.45. The summed E-state index contributed by atoms with van der Waals surface area (Å²) in [5.74, 6) is 0. The monoisotopic (exact) mass is 280 g/mol. The van der Waals surface area contributed by atoms with Crippen molar-refractivity contribution >= 4 is 5.69 Å². The molecule has 106 valence electrons. The molecule has 0 aliphatic carbocycles. The van der Waals surface area contributed by atoms with Gasteiger partial charge in [0.05, 0.1) is 24.6 Å². The van der Waals surface area contributed by atoms with Gasteiger partial charge in [-0.1, -0.05) is 0 Å². The molecule has 0 saturated carbocycles. The Bertz CT molecular complexity index is 621. The molecule has 1 unspecified atom stereocenters. The second-order valence-electron chi connectivity index (χ2n) is 5.04. The third kappa shape index (κ3) is 3.36. The molecule has 0 aromatic carbocycles. The summed E-state index contributed by atoms with van der Waals surface area (Å²) in [6.07, 6.45) is 6.55. The van der Waals surface area contributed by atoms with Crippen LogP contribution in [0.5, 0.6) is 0 Å². The van der Waals surface area contributed by atoms with Gasteiger partial charge in [0, 0.05) is 25.5 Å². The van der Waals surface area contributed by atoms with Crippen molar-refractivity contribution in [1.82, 2.24) is 9.97 Å². The van der Waals surface area contributed by atoms with Crippen LogP contribution in [0.2, 0.25) is 0 Å². The third-order valence-electron chi connectivity index (χ3n) is 3.61. The highest BCUT2D eigenvalue weighted by Crippen LogP contribution is 2.21. The summed E-state index contributed by atoms with van der Waals surface area (Å²) in [4.78, 5) is 10.3. The number of anilines is 1. The minimum absolute atomic E-state index is 0.230. The van der Waals surface area contributed by atoms with Gasteiger partial charge < -0.3 is 9.64 Å². The van der Waals surface area contributed by atoms with Gasteiger partial charge in [0.2, 0.25) is 0 Å². The Morgan fingerprint density at radius 3 is 2.86 bits per heavy atom. The summed E-state index contributed by atoms with van der Waals surface area (Å²) in [7, 11) is 0. The van der Waals surface area contributed by atoms with Gasteiger partial charge in [0.15, 0.2) is 0 Å². The number of nitrogens with zero attached hydrogens (tertiary/aromatic N) is 4. The molecule has 0 radical (unpaired) electrons. The van der Waals surface area contributed by atoms with Crippen LogP contribution in [-0.4, -0.2) is 29.2 Å². The van der Waals surface area contributed by atoms with Crippen LogP contribution in [0.1, 0.15) is 17.7 Å². The zero-order valence-electron chi connectivity index (χ0n) is 11.6. The Kier molecular flexibility index (Phi) is 4.08. The number of pyridine rings is 2. The van der Waals surface area contributed by atoms with Crippen LogP contribution in [0.15, 0.2) is 42.9 Å². The molecule has 0 N–H and O–H groups in total. The Labute approximate surface area is 123 Å². The molecule has 2 aromatic rings. The number of ether oxygens (including phenoxy) is 1. The summed E-state index contributed by atoms with van der Waals surface area (Å²) in [6, 6.07) is 9.66. The van der Waals surface area contributed by atoms with E-state index in [9.17, 15) is 0 Å². The highest BCUT2D eigenvalue weighted by molar-refractivity contribution is 5.47. The lowest BCUT2D eigenvalue weighted by molar-refractivity contribution is 0.0553. The fourth-order valence-electron chi connectivity index (χ4n) is 2.43. The van der Waals surface area contributed by atoms with E-state index in [0.29, 0.717) is 12.3 Å². The molecule has 5 heteroatoms. The van der Waals surface area contributed by atoms with Crippen LogP contribution in [0.4, 0.5) is 5.69 Å². The quantitative estimate of drug-likeness (QED) is 0.858. The second kappa shape index (κ2) is 6.33. The molecule has 1 aliphatic rings. The topological polar surface area (TPSA) is 62.0 Å². The Morgan fingerprint density at radius 1 is 1.29 bits per heavy atom. The van der Waals surface area contributed by atoms with E-state index < -0.39 is 0 Å². The van der Waals surface area contributed by atoms with Crippen molar-refractivity contribution in [2.75, 3.05) is 18.0 Å². The highest BCUT2D eigenvalue weighted by atomic mass is 16.5. The van der Waals surface area contributed by atoms with Crippen LogP contribution < -0.4 is 4.90 Å². The lowest BCUT2D eigenvalue weighted by Crippen LogP contribution is -2.22. The van der Waals surface area contributed by atoms with E-state index in [0.717, 1.165) is 30.8 Å². The molecule has 0 amide bonds. The minimum atomic E-state index is 0.230. The maximum Gasteiger partial charge on any atom is 0.140 e. The van der Waals surface area contributed by atoms with Gasteiger partial charge >= 0.3 is 0 Å². The largest absolute Gasteiger partial charge is 0.372 e. The zero-order valence-corrected chi connectivity index (χ0v) is 11.6. The number of hydrogen-bond acceptors (Lipinski definition) is 5. The molecule has 1 fully saturated rings. The van der Waals surface area contributed by atoms with Crippen LogP contribution in [-0.2, 0) is 11.3 Å². The number of rotatable bonds is 4. The van der Waals surface area contributed by atoms with E-state index in [-0.39, 0.29) is 6.10 Å². The number of nitriles is 1. The molecule has 0 bridgehead atoms. The van der Waals surface area contributed by atoms with Gasteiger partial charge in [0.1, 0.15) is 11.8 Å². The molecular weight excluding hydrogens is 264 g/mol. The van der Waals surface area contributed by atoms with E-state index in [1.165, 1.54) is 0 Å². The van der Waals surface area contributed by atoms with Gasteiger partial charge in [-0.25, -0.2) is 4.98 Å². The fraction of sp³-hybridized carbons (Fsp3) is 0.312. The summed E-state index contributed by atoms with van der Waals surface area (Å²) in [5.41, 5.74) is 2.64. The van der Waals surface area contributed by atoms with Crippen molar-refractivity contribution in [1.29, 1.82) is 5.26 Å². The minimum Gasteiger partial charge on any atom is -0.372 e. The number of aromatic nitrogens is 2. The van der Waals surface area contributed by atoms with Crippen molar-refractivity contribution in [2.45, 2.75) is 19.1 Å². The number of hydrogen-bond donors (Lipinski definition) is 0. The van der Waals surface area contributed by atoms with Crippen LogP contribution in [0, 0.1) is 11.3 Å². The van der Waals surface area contributed by atoms with Crippen molar-refractivity contribution in [3.8, 4) is 6.07 Å². The molecule has 1 atom stereocenters. The summed E-state index contributed by atoms with van der Waals surface area (Å²) >= 11 is 0. The van der Waals surface area contributed by atoms with Crippen LogP contribution in [0.3, 0.4) is 0 Å². The fourth-order valence-corrected chi connectivity index (χ4v) is 2.43. The van der Waals surface area contributed by atoms with Crippen molar-refractivity contribution in [3.05, 3.63) is 54.1 Å². The summed E-state index contributed by atoms with van der Waals surface area (Å²) in [5, 5.41) is 8.76. The summed E-state index contributed by atoms with van der Waals surface area (Å²) < 4.78 is 5.94. The molecule has 1 saturated heterocycles. The predicted octanol–water partition coefficient (Wildman–Crippen LogP) is 2.14. The Balaban J connectivity index is 1.54. The molecular formula is C16H16N4O. The van der Waals surface area contributed by atoms with E-state index >= 15 is 0 Å². The highest BCUT2D eigenvalue weighted by Gasteiger charge is 2.23. The van der Waals surface area contributed by atoms with Gasteiger partial charge in [-0.15, -0.1) is 0 Å². The van der Waals surface area contributed by atoms with Crippen molar-refractivity contribution < 1.29 is 4.74 Å². The maximum atomic E-state index is 8.76. The summed E-state index contributed by atoms with van der Waals surface area (Å²) in [6.45, 7) is 2.43. The van der Waals surface area contributed by atoms with Crippen LogP contribution in [0.25, 0.3) is 0 Å². The average Bonchev–Trinajstić information content (AvgIpc) is 3.03. The second-order valence-corrected chi connectivity index (χ2v) is 5.04. The molecule has 2 aromatic heterocycles. The SMILES string of the molecule is N#Cc1ccc(N2CCC(OCc3ccncc3)C2)cn1. The average molecular weight is 280 g/mol. The van der Waals surface area contributed by atoms with Gasteiger partial charge in [-0.3, -0.25) is 4.98 Å². The molecule has 5 nitrogen and oxygen atoms in total. The van der Waals surface area contributed by atoms with Crippen molar-refractivity contribution in [3.63, 3.8) is 0 Å². The first-order valence-electron chi connectivity index (χ1n) is 6.97. The smallest absolute Gasteiger partial charge is 0.140 e. The van der Waals surface area contributed by atoms with E-state index in [4.69, 9.17) is 10.00 Å². The normalized spacial score (nSPS) is 17.7. The molecule has 1 aliphatic heterocycles. The van der Waals surface area contributed by atoms with E-state index in [2.05, 4.69) is 14.9 Å². The first kappa shape index (κ1) is 13.5. The molecule has 3 rings (SSSR count). The lowest BCUT2D eigenvalue weighted by atomic mass is 10.3. The van der Waals surface area contributed by atoms with Gasteiger partial charge in [-0.05, 0) is 36.2 Å². The zero-order chi connectivity index (χ0) is 14.5. The maximum absolute atomic E-state index is 8.76. The molecule has 3 heterocycles. The Morgan fingerprint density at radius 2 is 2.14 bits per heavy atom. The van der Waals surface area contributed by atoms with E-state index in [1.54, 1.807) is 24.7 Å². The first-order valence-corrected chi connectivity index (χ1v) is 6.97. The van der Waals surface area contributed by atoms with Crippen LogP contribution >= 0.6 is 0 Å². The van der Waals surface area contributed by atoms with E-state index in [1.807, 2.05) is 24.3 Å². The van der Waals surface area contributed by atoms with Gasteiger partial charge in [-0.2, -0.15) is 5.26 Å². The first-order chi connectivity index (χ1) is 10.3. The lowest BCUT2D eigenvalue weighted by Gasteiger charge is -2.18. The van der Waals surface area contributed by atoms with Crippen molar-refractivity contribution in [2.24, 2.45) is 0 Å². The third-order valence-corrected chi connectivity index (χ3v) is 3.61. The standard InChI is InChI=1S/C16H16N4O/c17-9-14-1-2-15(10-19-14)20-8-5-16(11-20)21-12-13-3-6-18-7-4-13/h1-4,6-7,10,16H,5,8,11-12H2. The molecule has 0 spiro atoms. The van der Waals surface area contributed by atoms with Gasteiger partial charge in [0.25, 0.3) is 0 Å². The predicted molar refractivity (Wildman–Crippen MR) is 78.6 cm³/mol.